The molecule has 1 aromatic carbocycles. The van der Waals surface area contributed by atoms with Crippen molar-refractivity contribution in [3.63, 3.8) is 0 Å². The Balaban J connectivity index is 2.23. The summed E-state index contributed by atoms with van der Waals surface area (Å²) >= 11 is 2.27. The topological polar surface area (TPSA) is 50.9 Å². The van der Waals surface area contributed by atoms with Crippen molar-refractivity contribution in [1.29, 1.82) is 0 Å². The van der Waals surface area contributed by atoms with E-state index >= 15 is 0 Å². The van der Waals surface area contributed by atoms with Gasteiger partial charge in [0, 0.05) is 17.0 Å². The number of aliphatic hydroxyl groups is 1. The minimum Gasteiger partial charge on any atom is -0.388 e. The molecule has 0 radical (unpaired) electrons. The lowest BCUT2D eigenvalue weighted by molar-refractivity contribution is 0.173. The number of rotatable bonds is 3. The monoisotopic (exact) mass is 343 g/mol. The lowest BCUT2D eigenvalue weighted by Crippen LogP contribution is -2.09. The molecule has 0 fully saturated rings. The van der Waals surface area contributed by atoms with E-state index in [1.165, 1.54) is 11.9 Å². The molecule has 4 nitrogen and oxygen atoms in total. The molecular formula is C12H14IN3O. The van der Waals surface area contributed by atoms with Crippen LogP contribution in [0.4, 0.5) is 0 Å². The third-order valence-electron chi connectivity index (χ3n) is 2.76. The third kappa shape index (κ3) is 2.66. The van der Waals surface area contributed by atoms with Gasteiger partial charge in [0.05, 0.1) is 6.10 Å². The SMILES string of the molecule is Cc1cccc(C(O)Cc2ncnn2C)c1I. The van der Waals surface area contributed by atoms with Gasteiger partial charge in [0.2, 0.25) is 0 Å². The Bertz CT molecular complexity index is 524. The average molecular weight is 343 g/mol. The minimum absolute atomic E-state index is 0.482. The molecule has 2 aromatic rings. The number of hydrogen-bond acceptors (Lipinski definition) is 3. The van der Waals surface area contributed by atoms with E-state index in [4.69, 9.17) is 0 Å². The average Bonchev–Trinajstić information content (AvgIpc) is 2.68. The Kier molecular flexibility index (Phi) is 3.78. The van der Waals surface area contributed by atoms with Crippen LogP contribution >= 0.6 is 22.6 Å². The second-order valence-corrected chi connectivity index (χ2v) is 5.08. The highest BCUT2D eigenvalue weighted by molar-refractivity contribution is 14.1. The fourth-order valence-corrected chi connectivity index (χ4v) is 2.43. The summed E-state index contributed by atoms with van der Waals surface area (Å²) in [5.74, 6) is 0.787. The van der Waals surface area contributed by atoms with E-state index in [0.717, 1.165) is 15.0 Å². The van der Waals surface area contributed by atoms with E-state index in [2.05, 4.69) is 32.7 Å². The van der Waals surface area contributed by atoms with Crippen LogP contribution in [0.5, 0.6) is 0 Å². The van der Waals surface area contributed by atoms with Crippen molar-refractivity contribution in [2.75, 3.05) is 0 Å². The smallest absolute Gasteiger partial charge is 0.138 e. The molecule has 2 rings (SSSR count). The van der Waals surface area contributed by atoms with Gasteiger partial charge in [-0.3, -0.25) is 4.68 Å². The first-order valence-corrected chi connectivity index (χ1v) is 6.43. The van der Waals surface area contributed by atoms with E-state index in [9.17, 15) is 5.11 Å². The Morgan fingerprint density at radius 1 is 1.47 bits per heavy atom. The van der Waals surface area contributed by atoms with Crippen molar-refractivity contribution in [1.82, 2.24) is 14.8 Å². The van der Waals surface area contributed by atoms with Crippen molar-refractivity contribution in [2.24, 2.45) is 7.05 Å². The maximum Gasteiger partial charge on any atom is 0.138 e. The van der Waals surface area contributed by atoms with Gasteiger partial charge in [-0.05, 0) is 40.6 Å². The summed E-state index contributed by atoms with van der Waals surface area (Å²) in [5.41, 5.74) is 2.13. The molecule has 0 saturated carbocycles. The summed E-state index contributed by atoms with van der Waals surface area (Å²) in [7, 11) is 1.83. The van der Waals surface area contributed by atoms with Crippen LogP contribution in [-0.4, -0.2) is 19.9 Å². The molecule has 0 spiro atoms. The van der Waals surface area contributed by atoms with E-state index in [1.807, 2.05) is 32.2 Å². The number of aliphatic hydroxyl groups excluding tert-OH is 1. The van der Waals surface area contributed by atoms with Crippen LogP contribution in [0.1, 0.15) is 23.1 Å². The van der Waals surface area contributed by atoms with Gasteiger partial charge in [-0.15, -0.1) is 0 Å². The molecule has 90 valence electrons. The number of benzene rings is 1. The van der Waals surface area contributed by atoms with Crippen molar-refractivity contribution in [2.45, 2.75) is 19.4 Å². The molecule has 0 aliphatic carbocycles. The van der Waals surface area contributed by atoms with E-state index < -0.39 is 6.10 Å². The molecule has 1 aromatic heterocycles. The van der Waals surface area contributed by atoms with Crippen LogP contribution in [-0.2, 0) is 13.5 Å². The molecule has 5 heteroatoms. The lowest BCUT2D eigenvalue weighted by Gasteiger charge is -2.13. The lowest BCUT2D eigenvalue weighted by atomic mass is 10.0. The van der Waals surface area contributed by atoms with Crippen molar-refractivity contribution in [3.05, 3.63) is 45.0 Å². The van der Waals surface area contributed by atoms with Gasteiger partial charge in [-0.1, -0.05) is 18.2 Å². The normalized spacial score (nSPS) is 12.7. The summed E-state index contributed by atoms with van der Waals surface area (Å²) in [5, 5.41) is 14.2. The van der Waals surface area contributed by atoms with Gasteiger partial charge in [0.25, 0.3) is 0 Å². The van der Waals surface area contributed by atoms with Crippen LogP contribution < -0.4 is 0 Å². The Morgan fingerprint density at radius 2 is 2.24 bits per heavy atom. The molecule has 0 aliphatic rings. The maximum absolute atomic E-state index is 10.2. The molecule has 0 saturated heterocycles. The number of aromatic nitrogens is 3. The highest BCUT2D eigenvalue weighted by atomic mass is 127. The number of halogens is 1. The Labute approximate surface area is 114 Å². The zero-order valence-corrected chi connectivity index (χ0v) is 11.9. The van der Waals surface area contributed by atoms with E-state index in [-0.39, 0.29) is 0 Å². The highest BCUT2D eigenvalue weighted by Crippen LogP contribution is 2.24. The molecule has 0 aliphatic heterocycles. The first kappa shape index (κ1) is 12.5. The fourth-order valence-electron chi connectivity index (χ4n) is 1.72. The summed E-state index contributed by atoms with van der Waals surface area (Å²) in [6, 6.07) is 5.96. The van der Waals surface area contributed by atoms with E-state index in [1.54, 1.807) is 4.68 Å². The maximum atomic E-state index is 10.2. The zero-order chi connectivity index (χ0) is 12.4. The van der Waals surface area contributed by atoms with Gasteiger partial charge in [-0.25, -0.2) is 4.98 Å². The third-order valence-corrected chi connectivity index (χ3v) is 4.24. The van der Waals surface area contributed by atoms with Gasteiger partial charge in [0.1, 0.15) is 12.2 Å². The van der Waals surface area contributed by atoms with Crippen LogP contribution in [0, 0.1) is 10.5 Å². The van der Waals surface area contributed by atoms with Crippen LogP contribution in [0.25, 0.3) is 0 Å². The molecule has 0 amide bonds. The minimum atomic E-state index is -0.537. The number of nitrogens with zero attached hydrogens (tertiary/aromatic N) is 3. The van der Waals surface area contributed by atoms with Gasteiger partial charge in [-0.2, -0.15) is 5.10 Å². The fraction of sp³-hybridized carbons (Fsp3) is 0.333. The first-order chi connectivity index (χ1) is 8.09. The van der Waals surface area contributed by atoms with Crippen LogP contribution in [0.15, 0.2) is 24.5 Å². The van der Waals surface area contributed by atoms with Gasteiger partial charge >= 0.3 is 0 Å². The summed E-state index contributed by atoms with van der Waals surface area (Å²) < 4.78 is 2.80. The van der Waals surface area contributed by atoms with Gasteiger partial charge < -0.3 is 5.11 Å². The molecular weight excluding hydrogens is 329 g/mol. The van der Waals surface area contributed by atoms with Crippen molar-refractivity contribution >= 4 is 22.6 Å². The molecule has 17 heavy (non-hydrogen) atoms. The largest absolute Gasteiger partial charge is 0.388 e. The molecule has 0 bridgehead atoms. The van der Waals surface area contributed by atoms with Crippen LogP contribution in [0.3, 0.4) is 0 Å². The van der Waals surface area contributed by atoms with Crippen LogP contribution in [0.2, 0.25) is 0 Å². The highest BCUT2D eigenvalue weighted by Gasteiger charge is 2.15. The summed E-state index contributed by atoms with van der Waals surface area (Å²) in [4.78, 5) is 4.12. The molecule has 1 unspecified atom stereocenters. The summed E-state index contributed by atoms with van der Waals surface area (Å²) in [6.45, 7) is 2.04. The second-order valence-electron chi connectivity index (χ2n) is 4.00. The van der Waals surface area contributed by atoms with Crippen molar-refractivity contribution in [3.8, 4) is 0 Å². The first-order valence-electron chi connectivity index (χ1n) is 5.35. The predicted octanol–water partition coefficient (Wildman–Crippen LogP) is 2.00. The predicted molar refractivity (Wildman–Crippen MR) is 73.6 cm³/mol. The molecule has 1 atom stereocenters. The Hall–Kier alpha value is -0.950. The molecule has 1 N–H and O–H groups in total. The van der Waals surface area contributed by atoms with Gasteiger partial charge in [0.15, 0.2) is 0 Å². The van der Waals surface area contributed by atoms with E-state index in [0.29, 0.717) is 6.42 Å². The zero-order valence-electron chi connectivity index (χ0n) is 9.76. The summed E-state index contributed by atoms with van der Waals surface area (Å²) in [6.07, 6.45) is 1.45. The quantitative estimate of drug-likeness (QED) is 0.868. The number of aryl methyl sites for hydroxylation is 2. The van der Waals surface area contributed by atoms with Crippen molar-refractivity contribution < 1.29 is 5.11 Å². The number of hydrogen-bond donors (Lipinski definition) is 1. The molecule has 1 heterocycles. The second kappa shape index (κ2) is 5.14. The Morgan fingerprint density at radius 3 is 2.88 bits per heavy atom. The standard InChI is InChI=1S/C12H14IN3O/c1-8-4-3-5-9(12(8)13)10(17)6-11-14-7-15-16(11)2/h3-5,7,10,17H,6H2,1-2H3.